The van der Waals surface area contributed by atoms with Gasteiger partial charge in [-0.1, -0.05) is 24.3 Å². The van der Waals surface area contributed by atoms with Crippen LogP contribution < -0.4 is 25.6 Å². The summed E-state index contributed by atoms with van der Waals surface area (Å²) >= 11 is 4.31. The lowest BCUT2D eigenvalue weighted by Gasteiger charge is -2.14. The number of carboxylic acid groups (broad SMARTS) is 2. The summed E-state index contributed by atoms with van der Waals surface area (Å²) in [6.45, 7) is -0.438. The van der Waals surface area contributed by atoms with Gasteiger partial charge in [-0.3, -0.25) is 30.0 Å². The van der Waals surface area contributed by atoms with E-state index in [0.29, 0.717) is 28.3 Å². The van der Waals surface area contributed by atoms with Crippen LogP contribution in [0.1, 0.15) is 21.5 Å². The van der Waals surface area contributed by atoms with Gasteiger partial charge >= 0.3 is 11.9 Å². The summed E-state index contributed by atoms with van der Waals surface area (Å²) in [5, 5.41) is 19.9. The molecular formula is C35H24I2N4O9. The SMILES string of the molecule is O=C(O)COc1ccc(C=C2C(=O)NN(c3ccc(I)cc3)C2=O)cc1.O=C1NN(c2ccc(I)cc2)C(=O)C1=Cc1ccc(C(=O)O)cc1. The third kappa shape index (κ3) is 8.72. The Kier molecular flexibility index (Phi) is 11.3. The topological polar surface area (TPSA) is 183 Å². The molecule has 50 heavy (non-hydrogen) atoms. The molecular weight excluding hydrogens is 874 g/mol. The fourth-order valence-electron chi connectivity index (χ4n) is 4.52. The van der Waals surface area contributed by atoms with Crippen LogP contribution in [-0.2, 0) is 24.0 Å². The van der Waals surface area contributed by atoms with E-state index in [-0.39, 0.29) is 16.7 Å². The molecule has 4 aromatic rings. The van der Waals surface area contributed by atoms with Crippen LogP contribution in [0.2, 0.25) is 0 Å². The Morgan fingerprint density at radius 3 is 1.40 bits per heavy atom. The second kappa shape index (κ2) is 15.8. The maximum atomic E-state index is 12.5. The summed E-state index contributed by atoms with van der Waals surface area (Å²) in [4.78, 5) is 70.6. The van der Waals surface area contributed by atoms with Gasteiger partial charge in [0.15, 0.2) is 6.61 Å². The van der Waals surface area contributed by atoms with Crippen molar-refractivity contribution in [3.05, 3.63) is 132 Å². The van der Waals surface area contributed by atoms with Crippen LogP contribution in [0.15, 0.2) is 108 Å². The predicted molar refractivity (Wildman–Crippen MR) is 199 cm³/mol. The molecule has 4 N–H and O–H groups in total. The van der Waals surface area contributed by atoms with Crippen LogP contribution in [0, 0.1) is 7.14 Å². The third-order valence-corrected chi connectivity index (χ3v) is 8.41. The number of amides is 4. The van der Waals surface area contributed by atoms with Crippen molar-refractivity contribution in [3.63, 3.8) is 0 Å². The van der Waals surface area contributed by atoms with Crippen molar-refractivity contribution >= 4 is 104 Å². The summed E-state index contributed by atoms with van der Waals surface area (Å²) in [6.07, 6.45) is 2.92. The van der Waals surface area contributed by atoms with Crippen LogP contribution >= 0.6 is 45.2 Å². The molecule has 2 saturated heterocycles. The van der Waals surface area contributed by atoms with Crippen molar-refractivity contribution in [1.82, 2.24) is 10.9 Å². The fraction of sp³-hybridized carbons (Fsp3) is 0.0286. The first-order valence-corrected chi connectivity index (χ1v) is 16.6. The minimum Gasteiger partial charge on any atom is -0.482 e. The molecule has 4 amide bonds. The molecule has 0 bridgehead atoms. The average Bonchev–Trinajstić information content (AvgIpc) is 3.54. The van der Waals surface area contributed by atoms with E-state index in [4.69, 9.17) is 14.9 Å². The normalized spacial score (nSPS) is 15.5. The molecule has 0 aliphatic carbocycles. The standard InChI is InChI=1S/C18H13IN2O5.C17H11IN2O4/c19-12-3-5-13(6-4-12)21-18(25)15(17(24)20-21)9-11-1-7-14(8-2-11)26-10-16(22)23;18-12-5-7-13(8-6-12)20-16(22)14(15(21)19-20)9-10-1-3-11(4-2-10)17(23)24/h1-9H,10H2,(H,20,24)(H,22,23);1-9H,(H,19,21)(H,23,24). The zero-order chi connectivity index (χ0) is 35.9. The zero-order valence-corrected chi connectivity index (χ0v) is 29.8. The number of anilines is 2. The maximum Gasteiger partial charge on any atom is 0.341 e. The monoisotopic (exact) mass is 898 g/mol. The first-order valence-electron chi connectivity index (χ1n) is 14.4. The Balaban J connectivity index is 0.000000195. The van der Waals surface area contributed by atoms with Gasteiger partial charge in [0, 0.05) is 7.14 Å². The second-order valence-electron chi connectivity index (χ2n) is 10.4. The van der Waals surface area contributed by atoms with Gasteiger partial charge in [0.2, 0.25) is 0 Å². The van der Waals surface area contributed by atoms with Crippen molar-refractivity contribution in [2.24, 2.45) is 0 Å². The molecule has 2 heterocycles. The number of nitrogens with one attached hydrogen (secondary N) is 2. The number of carbonyl (C=O) groups excluding carboxylic acids is 4. The summed E-state index contributed by atoms with van der Waals surface area (Å²) in [6, 6.07) is 26.7. The van der Waals surface area contributed by atoms with E-state index in [1.165, 1.54) is 34.3 Å². The quantitative estimate of drug-likeness (QED) is 0.111. The molecule has 0 atom stereocenters. The maximum absolute atomic E-state index is 12.5. The van der Waals surface area contributed by atoms with Crippen molar-refractivity contribution in [2.75, 3.05) is 16.6 Å². The number of hydrogen-bond acceptors (Lipinski definition) is 7. The molecule has 0 radical (unpaired) electrons. The lowest BCUT2D eigenvalue weighted by atomic mass is 10.1. The molecule has 0 spiro atoms. The van der Waals surface area contributed by atoms with E-state index >= 15 is 0 Å². The number of ether oxygens (including phenoxy) is 1. The molecule has 15 heteroatoms. The number of hydrogen-bond donors (Lipinski definition) is 4. The van der Waals surface area contributed by atoms with E-state index < -0.39 is 42.2 Å². The average molecular weight is 898 g/mol. The van der Waals surface area contributed by atoms with E-state index in [1.54, 1.807) is 60.7 Å². The number of rotatable bonds is 8. The highest BCUT2D eigenvalue weighted by molar-refractivity contribution is 14.1. The molecule has 4 aromatic carbocycles. The Labute approximate surface area is 311 Å². The van der Waals surface area contributed by atoms with Crippen LogP contribution in [0.3, 0.4) is 0 Å². The fourth-order valence-corrected chi connectivity index (χ4v) is 5.24. The molecule has 2 aliphatic rings. The number of hydrazine groups is 2. The highest BCUT2D eigenvalue weighted by Gasteiger charge is 2.35. The molecule has 0 unspecified atom stereocenters. The summed E-state index contributed by atoms with van der Waals surface area (Å²) in [5.74, 6) is -3.60. The minimum absolute atomic E-state index is 0.00312. The molecule has 252 valence electrons. The van der Waals surface area contributed by atoms with E-state index in [1.807, 2.05) is 24.3 Å². The van der Waals surface area contributed by atoms with Gasteiger partial charge in [0.05, 0.1) is 16.9 Å². The predicted octanol–water partition coefficient (Wildman–Crippen LogP) is 4.67. The first-order chi connectivity index (χ1) is 23.9. The largest absolute Gasteiger partial charge is 0.482 e. The van der Waals surface area contributed by atoms with Crippen molar-refractivity contribution in [2.45, 2.75) is 0 Å². The van der Waals surface area contributed by atoms with E-state index in [0.717, 1.165) is 7.14 Å². The van der Waals surface area contributed by atoms with Gasteiger partial charge in [0.25, 0.3) is 23.6 Å². The van der Waals surface area contributed by atoms with Gasteiger partial charge in [-0.2, -0.15) is 0 Å². The van der Waals surface area contributed by atoms with E-state index in [9.17, 15) is 28.8 Å². The van der Waals surface area contributed by atoms with Gasteiger partial charge in [-0.25, -0.2) is 19.6 Å². The molecule has 2 aliphatic heterocycles. The number of aromatic carboxylic acids is 1. The number of carbonyl (C=O) groups is 6. The van der Waals surface area contributed by atoms with Crippen LogP contribution in [0.5, 0.6) is 5.75 Å². The minimum atomic E-state index is -1.07. The van der Waals surface area contributed by atoms with Crippen molar-refractivity contribution < 1.29 is 43.7 Å². The second-order valence-corrected chi connectivity index (χ2v) is 12.9. The number of aliphatic carboxylic acids is 1. The number of nitrogens with zero attached hydrogens (tertiary/aromatic N) is 2. The van der Waals surface area contributed by atoms with Gasteiger partial charge in [0.1, 0.15) is 16.9 Å². The van der Waals surface area contributed by atoms with Crippen molar-refractivity contribution in [3.8, 4) is 5.75 Å². The first kappa shape index (κ1) is 35.7. The van der Waals surface area contributed by atoms with Crippen LogP contribution in [0.25, 0.3) is 12.2 Å². The highest BCUT2D eigenvalue weighted by Crippen LogP contribution is 2.24. The van der Waals surface area contributed by atoms with Gasteiger partial charge in [-0.15, -0.1) is 0 Å². The lowest BCUT2D eigenvalue weighted by molar-refractivity contribution is -0.139. The Morgan fingerprint density at radius 1 is 0.620 bits per heavy atom. The lowest BCUT2D eigenvalue weighted by Crippen LogP contribution is -2.35. The van der Waals surface area contributed by atoms with Crippen molar-refractivity contribution in [1.29, 1.82) is 0 Å². The number of benzene rings is 4. The molecule has 0 saturated carbocycles. The molecule has 0 aromatic heterocycles. The number of carboxylic acids is 2. The van der Waals surface area contributed by atoms with Crippen LogP contribution in [-0.4, -0.2) is 52.4 Å². The molecule has 13 nitrogen and oxygen atoms in total. The van der Waals surface area contributed by atoms with Crippen LogP contribution in [0.4, 0.5) is 11.4 Å². The Morgan fingerprint density at radius 2 is 1.02 bits per heavy atom. The highest BCUT2D eigenvalue weighted by atomic mass is 127. The summed E-state index contributed by atoms with van der Waals surface area (Å²) in [5.41, 5.74) is 7.54. The number of halogens is 2. The molecule has 6 rings (SSSR count). The van der Waals surface area contributed by atoms with E-state index in [2.05, 4.69) is 56.0 Å². The Bertz CT molecular complexity index is 2050. The van der Waals surface area contributed by atoms with Gasteiger partial charge in [-0.05, 0) is 141 Å². The summed E-state index contributed by atoms with van der Waals surface area (Å²) in [7, 11) is 0. The smallest absolute Gasteiger partial charge is 0.341 e. The summed E-state index contributed by atoms with van der Waals surface area (Å²) < 4.78 is 7.08. The van der Waals surface area contributed by atoms with Gasteiger partial charge < -0.3 is 14.9 Å². The third-order valence-electron chi connectivity index (χ3n) is 6.97. The zero-order valence-electron chi connectivity index (χ0n) is 25.5. The molecule has 2 fully saturated rings. The Hall–Kier alpha value is -5.56.